The molecule has 0 radical (unpaired) electrons. The highest BCUT2D eigenvalue weighted by atomic mass is 16.5. The second-order valence-electron chi connectivity index (χ2n) is 6.00. The van der Waals surface area contributed by atoms with E-state index in [9.17, 15) is 0 Å². The van der Waals surface area contributed by atoms with E-state index in [1.54, 1.807) is 26.5 Å². The normalized spacial score (nSPS) is 12.5. The Balaban J connectivity index is 1.45. The number of rotatable bonds is 8. The maximum absolute atomic E-state index is 5.89. The molecule has 0 bridgehead atoms. The highest BCUT2D eigenvalue weighted by Gasteiger charge is 2.10. The molecule has 0 saturated carbocycles. The van der Waals surface area contributed by atoms with Crippen LogP contribution in [0.2, 0.25) is 0 Å². The third-order valence-corrected chi connectivity index (χ3v) is 3.86. The van der Waals surface area contributed by atoms with E-state index >= 15 is 0 Å². The molecule has 1 atom stereocenters. The zero-order chi connectivity index (χ0) is 19.8. The second kappa shape index (κ2) is 9.45. The molecular weight excluding hydrogens is 360 g/mol. The Bertz CT molecular complexity index is 891. The van der Waals surface area contributed by atoms with Gasteiger partial charge < -0.3 is 24.5 Å². The molecule has 148 valence electrons. The number of benzene rings is 1. The fourth-order valence-corrected chi connectivity index (χ4v) is 2.47. The van der Waals surface area contributed by atoms with E-state index < -0.39 is 0 Å². The summed E-state index contributed by atoms with van der Waals surface area (Å²) in [7, 11) is 3.34. The van der Waals surface area contributed by atoms with Gasteiger partial charge in [-0.05, 0) is 31.2 Å². The molecule has 0 aliphatic heterocycles. The molecule has 28 heavy (non-hydrogen) atoms. The monoisotopic (exact) mass is 384 g/mol. The van der Waals surface area contributed by atoms with Gasteiger partial charge in [-0.25, -0.2) is 4.98 Å². The molecule has 0 fully saturated rings. The molecule has 0 spiro atoms. The summed E-state index contributed by atoms with van der Waals surface area (Å²) >= 11 is 0. The predicted octanol–water partition coefficient (Wildman–Crippen LogP) is 2.21. The molecule has 0 saturated heterocycles. The lowest BCUT2D eigenvalue weighted by Crippen LogP contribution is -2.41. The Kier molecular flexibility index (Phi) is 6.50. The van der Waals surface area contributed by atoms with Gasteiger partial charge >= 0.3 is 0 Å². The first-order chi connectivity index (χ1) is 13.7. The van der Waals surface area contributed by atoms with Crippen LogP contribution >= 0.6 is 0 Å². The molecule has 2 aromatic heterocycles. The summed E-state index contributed by atoms with van der Waals surface area (Å²) in [5, 5.41) is 13.4. The Hall–Kier alpha value is -3.49. The maximum Gasteiger partial charge on any atom is 0.216 e. The summed E-state index contributed by atoms with van der Waals surface area (Å²) < 4.78 is 16.4. The minimum Gasteiger partial charge on any atom is -0.497 e. The average molecular weight is 384 g/mol. The Labute approximate surface area is 163 Å². The van der Waals surface area contributed by atoms with Crippen molar-refractivity contribution in [2.75, 3.05) is 20.7 Å². The summed E-state index contributed by atoms with van der Waals surface area (Å²) in [5.74, 6) is 3.96. The lowest BCUT2D eigenvalue weighted by Gasteiger charge is -2.17. The third-order valence-electron chi connectivity index (χ3n) is 3.86. The average Bonchev–Trinajstić information content (AvgIpc) is 3.40. The first-order valence-electron chi connectivity index (χ1n) is 8.88. The number of methoxy groups -OCH3 is 1. The fourth-order valence-electron chi connectivity index (χ4n) is 2.47. The van der Waals surface area contributed by atoms with Crippen molar-refractivity contribution in [2.24, 2.45) is 4.99 Å². The number of guanidine groups is 1. The van der Waals surface area contributed by atoms with Crippen LogP contribution in [-0.2, 0) is 6.54 Å². The second-order valence-corrected chi connectivity index (χ2v) is 6.00. The Morgan fingerprint density at radius 2 is 2.11 bits per heavy atom. The minimum absolute atomic E-state index is 0.0681. The molecule has 0 aliphatic rings. The van der Waals surface area contributed by atoms with Gasteiger partial charge in [0.25, 0.3) is 0 Å². The standard InChI is InChI=1S/C19H24N6O3/c1-13(28-15-7-4-6-14(10-15)26-3)11-21-19(20-2)22-12-17-23-18(25-24-17)16-8-5-9-27-16/h4-10,13H,11-12H2,1-3H3,(H2,20,21,22)(H,23,24,25). The van der Waals surface area contributed by atoms with Crippen LogP contribution in [0.25, 0.3) is 11.6 Å². The van der Waals surface area contributed by atoms with E-state index in [0.717, 1.165) is 11.5 Å². The quantitative estimate of drug-likeness (QED) is 0.403. The molecule has 0 amide bonds. The highest BCUT2D eigenvalue weighted by molar-refractivity contribution is 5.79. The highest BCUT2D eigenvalue weighted by Crippen LogP contribution is 2.19. The number of H-pyrrole nitrogens is 1. The van der Waals surface area contributed by atoms with Crippen molar-refractivity contribution < 1.29 is 13.9 Å². The lowest BCUT2D eigenvalue weighted by molar-refractivity contribution is 0.223. The topological polar surface area (TPSA) is 110 Å². The molecule has 9 nitrogen and oxygen atoms in total. The predicted molar refractivity (Wildman–Crippen MR) is 105 cm³/mol. The molecule has 1 unspecified atom stereocenters. The number of nitrogens with zero attached hydrogens (tertiary/aromatic N) is 3. The van der Waals surface area contributed by atoms with Gasteiger partial charge in [0.15, 0.2) is 11.7 Å². The smallest absolute Gasteiger partial charge is 0.216 e. The van der Waals surface area contributed by atoms with Crippen LogP contribution in [0.3, 0.4) is 0 Å². The summed E-state index contributed by atoms with van der Waals surface area (Å²) in [4.78, 5) is 8.59. The van der Waals surface area contributed by atoms with Crippen molar-refractivity contribution in [3.8, 4) is 23.1 Å². The number of aromatic amines is 1. The van der Waals surface area contributed by atoms with Crippen molar-refractivity contribution in [1.29, 1.82) is 0 Å². The van der Waals surface area contributed by atoms with Crippen molar-refractivity contribution in [2.45, 2.75) is 19.6 Å². The third kappa shape index (κ3) is 5.26. The van der Waals surface area contributed by atoms with E-state index in [0.29, 0.717) is 36.5 Å². The van der Waals surface area contributed by atoms with Crippen LogP contribution in [0, 0.1) is 0 Å². The van der Waals surface area contributed by atoms with Gasteiger partial charge in [-0.1, -0.05) is 6.07 Å². The van der Waals surface area contributed by atoms with Crippen molar-refractivity contribution >= 4 is 5.96 Å². The van der Waals surface area contributed by atoms with Gasteiger partial charge in [0.2, 0.25) is 5.82 Å². The van der Waals surface area contributed by atoms with Gasteiger partial charge in [-0.3, -0.25) is 10.1 Å². The van der Waals surface area contributed by atoms with E-state index in [1.165, 1.54) is 0 Å². The Morgan fingerprint density at radius 1 is 1.25 bits per heavy atom. The van der Waals surface area contributed by atoms with Crippen LogP contribution < -0.4 is 20.1 Å². The zero-order valence-corrected chi connectivity index (χ0v) is 16.1. The molecule has 3 aromatic rings. The van der Waals surface area contributed by atoms with Gasteiger partial charge in [-0.15, -0.1) is 5.10 Å². The van der Waals surface area contributed by atoms with Crippen LogP contribution in [0.15, 0.2) is 52.1 Å². The summed E-state index contributed by atoms with van der Waals surface area (Å²) in [6.07, 6.45) is 1.52. The Morgan fingerprint density at radius 3 is 2.86 bits per heavy atom. The van der Waals surface area contributed by atoms with E-state index in [2.05, 4.69) is 30.8 Å². The number of nitrogens with one attached hydrogen (secondary N) is 3. The minimum atomic E-state index is -0.0681. The number of furan rings is 1. The van der Waals surface area contributed by atoms with Crippen LogP contribution in [0.5, 0.6) is 11.5 Å². The van der Waals surface area contributed by atoms with E-state index in [1.807, 2.05) is 37.3 Å². The molecule has 1 aromatic carbocycles. The molecule has 3 N–H and O–H groups in total. The van der Waals surface area contributed by atoms with Gasteiger partial charge in [0, 0.05) is 13.1 Å². The number of aromatic nitrogens is 3. The van der Waals surface area contributed by atoms with Crippen LogP contribution in [0.4, 0.5) is 0 Å². The molecular formula is C19H24N6O3. The van der Waals surface area contributed by atoms with Crippen molar-refractivity contribution in [1.82, 2.24) is 25.8 Å². The maximum atomic E-state index is 5.89. The van der Waals surface area contributed by atoms with Crippen LogP contribution in [-0.4, -0.2) is 47.9 Å². The van der Waals surface area contributed by atoms with Gasteiger partial charge in [-0.2, -0.15) is 0 Å². The largest absolute Gasteiger partial charge is 0.497 e. The summed E-state index contributed by atoms with van der Waals surface area (Å²) in [6, 6.07) is 11.1. The lowest BCUT2D eigenvalue weighted by atomic mass is 10.3. The fraction of sp³-hybridized carbons (Fsp3) is 0.316. The SMILES string of the molecule is CN=C(NCc1nc(-c2ccco2)n[nH]1)NCC(C)Oc1cccc(OC)c1. The number of aliphatic imine (C=N–C) groups is 1. The van der Waals surface area contributed by atoms with E-state index in [-0.39, 0.29) is 6.10 Å². The summed E-state index contributed by atoms with van der Waals surface area (Å²) in [5.41, 5.74) is 0. The number of hydrogen-bond donors (Lipinski definition) is 3. The number of hydrogen-bond acceptors (Lipinski definition) is 6. The molecule has 3 rings (SSSR count). The van der Waals surface area contributed by atoms with Gasteiger partial charge in [0.1, 0.15) is 23.4 Å². The molecule has 0 aliphatic carbocycles. The van der Waals surface area contributed by atoms with Gasteiger partial charge in [0.05, 0.1) is 26.5 Å². The van der Waals surface area contributed by atoms with Crippen molar-refractivity contribution in [3.05, 3.63) is 48.5 Å². The van der Waals surface area contributed by atoms with E-state index in [4.69, 9.17) is 13.9 Å². The van der Waals surface area contributed by atoms with Crippen LogP contribution in [0.1, 0.15) is 12.7 Å². The molecule has 2 heterocycles. The first-order valence-corrected chi connectivity index (χ1v) is 8.88. The first kappa shape index (κ1) is 19.3. The number of ether oxygens (including phenoxy) is 2. The molecule has 9 heteroatoms. The van der Waals surface area contributed by atoms with Crippen molar-refractivity contribution in [3.63, 3.8) is 0 Å². The summed E-state index contributed by atoms with van der Waals surface area (Å²) in [6.45, 7) is 3.00. The zero-order valence-electron chi connectivity index (χ0n) is 16.1.